The Morgan fingerprint density at radius 3 is 2.87 bits per heavy atom. The quantitative estimate of drug-likeness (QED) is 0.623. The van der Waals surface area contributed by atoms with Gasteiger partial charge in [-0.3, -0.25) is 4.90 Å². The van der Waals surface area contributed by atoms with Gasteiger partial charge in [0.05, 0.1) is 6.54 Å². The van der Waals surface area contributed by atoms with Crippen LogP contribution >= 0.6 is 22.9 Å². The third-order valence-corrected chi connectivity index (χ3v) is 3.08. The molecule has 1 aliphatic rings. The van der Waals surface area contributed by atoms with Crippen LogP contribution in [0.25, 0.3) is 0 Å². The Labute approximate surface area is 104 Å². The predicted octanol–water partition coefficient (Wildman–Crippen LogP) is 2.85. The lowest BCUT2D eigenvalue weighted by Crippen LogP contribution is -2.32. The van der Waals surface area contributed by atoms with Crippen molar-refractivity contribution in [2.24, 2.45) is 8.44 Å². The lowest BCUT2D eigenvalue weighted by Gasteiger charge is -2.27. The molecule has 0 bridgehead atoms. The Kier molecular flexibility index (Phi) is 4.08. The van der Waals surface area contributed by atoms with Gasteiger partial charge >= 0.3 is 0 Å². The van der Waals surface area contributed by atoms with Crippen LogP contribution in [-0.2, 0) is 13.0 Å². The number of hydrogen-bond acceptors (Lipinski definition) is 3. The van der Waals surface area contributed by atoms with Gasteiger partial charge in [-0.25, -0.2) is 0 Å². The van der Waals surface area contributed by atoms with Gasteiger partial charge in [0.25, 0.3) is 0 Å². The van der Waals surface area contributed by atoms with Gasteiger partial charge in [-0.15, -0.1) is 3.33 Å². The van der Waals surface area contributed by atoms with E-state index in [1.54, 1.807) is 0 Å². The molecule has 0 amide bonds. The SMILES string of the molecule is IN=NCCN1CCc2ccccc2C1. The van der Waals surface area contributed by atoms with Gasteiger partial charge in [0.15, 0.2) is 0 Å². The summed E-state index contributed by atoms with van der Waals surface area (Å²) in [5.74, 6) is 0. The second-order valence-electron chi connectivity index (χ2n) is 3.74. The molecule has 1 aliphatic heterocycles. The van der Waals surface area contributed by atoms with Gasteiger partial charge in [-0.1, -0.05) is 24.3 Å². The number of fused-ring (bicyclic) bond motifs is 1. The molecule has 1 aromatic rings. The van der Waals surface area contributed by atoms with Crippen molar-refractivity contribution in [3.8, 4) is 0 Å². The fourth-order valence-corrected chi connectivity index (χ4v) is 2.18. The Balaban J connectivity index is 1.94. The van der Waals surface area contributed by atoms with E-state index in [1.807, 2.05) is 22.9 Å². The van der Waals surface area contributed by atoms with E-state index in [0.29, 0.717) is 0 Å². The van der Waals surface area contributed by atoms with Gasteiger partial charge in [-0.05, 0) is 17.5 Å². The topological polar surface area (TPSA) is 28.0 Å². The van der Waals surface area contributed by atoms with Crippen LogP contribution in [0.2, 0.25) is 0 Å². The van der Waals surface area contributed by atoms with Crippen LogP contribution < -0.4 is 0 Å². The summed E-state index contributed by atoms with van der Waals surface area (Å²) in [5.41, 5.74) is 2.97. The summed E-state index contributed by atoms with van der Waals surface area (Å²) in [5, 5.41) is 3.99. The first-order valence-electron chi connectivity index (χ1n) is 5.17. The predicted molar refractivity (Wildman–Crippen MR) is 69.2 cm³/mol. The molecule has 0 spiro atoms. The van der Waals surface area contributed by atoms with E-state index < -0.39 is 0 Å². The molecule has 2 rings (SSSR count). The molecule has 1 heterocycles. The van der Waals surface area contributed by atoms with Gasteiger partial charge in [0.2, 0.25) is 0 Å². The largest absolute Gasteiger partial charge is 0.297 e. The van der Waals surface area contributed by atoms with E-state index in [2.05, 4.69) is 37.6 Å². The molecule has 1 aromatic carbocycles. The fourth-order valence-electron chi connectivity index (χ4n) is 1.97. The molecule has 3 nitrogen and oxygen atoms in total. The zero-order valence-corrected chi connectivity index (χ0v) is 10.7. The number of benzene rings is 1. The molecule has 80 valence electrons. The van der Waals surface area contributed by atoms with Crippen LogP contribution in [0, 0.1) is 0 Å². The number of halogens is 1. The van der Waals surface area contributed by atoms with Crippen LogP contribution in [0.1, 0.15) is 11.1 Å². The third kappa shape index (κ3) is 2.98. The van der Waals surface area contributed by atoms with Crippen molar-refractivity contribution in [2.45, 2.75) is 13.0 Å². The highest BCUT2D eigenvalue weighted by atomic mass is 127. The van der Waals surface area contributed by atoms with Crippen LogP contribution in [-0.4, -0.2) is 24.5 Å². The maximum Gasteiger partial charge on any atom is 0.111 e. The molecule has 4 heteroatoms. The molecular weight excluding hydrogens is 301 g/mol. The summed E-state index contributed by atoms with van der Waals surface area (Å²) in [7, 11) is 0. The molecule has 15 heavy (non-hydrogen) atoms. The van der Waals surface area contributed by atoms with Crippen molar-refractivity contribution in [1.29, 1.82) is 0 Å². The standard InChI is InChI=1S/C11H14IN3/c12-14-13-6-8-15-7-5-10-3-1-2-4-11(10)9-15/h1-4H,5-9H2. The first-order chi connectivity index (χ1) is 7.40. The average Bonchev–Trinajstić information content (AvgIpc) is 2.29. The summed E-state index contributed by atoms with van der Waals surface area (Å²) in [6.07, 6.45) is 1.16. The monoisotopic (exact) mass is 315 g/mol. The first kappa shape index (κ1) is 11.0. The average molecular weight is 315 g/mol. The lowest BCUT2D eigenvalue weighted by molar-refractivity contribution is 0.261. The van der Waals surface area contributed by atoms with Gasteiger partial charge in [-0.2, -0.15) is 5.11 Å². The number of rotatable bonds is 3. The van der Waals surface area contributed by atoms with Crippen molar-refractivity contribution in [3.63, 3.8) is 0 Å². The maximum absolute atomic E-state index is 3.99. The van der Waals surface area contributed by atoms with Gasteiger partial charge in [0.1, 0.15) is 22.9 Å². The van der Waals surface area contributed by atoms with Gasteiger partial charge < -0.3 is 0 Å². The van der Waals surface area contributed by atoms with E-state index in [1.165, 1.54) is 11.1 Å². The van der Waals surface area contributed by atoms with E-state index in [4.69, 9.17) is 0 Å². The van der Waals surface area contributed by atoms with Gasteiger partial charge in [0, 0.05) is 19.6 Å². The van der Waals surface area contributed by atoms with Crippen molar-refractivity contribution < 1.29 is 0 Å². The summed E-state index contributed by atoms with van der Waals surface area (Å²) >= 11 is 1.92. The normalized spacial score (nSPS) is 16.9. The highest BCUT2D eigenvalue weighted by Crippen LogP contribution is 2.17. The molecule has 0 aliphatic carbocycles. The summed E-state index contributed by atoms with van der Waals surface area (Å²) in [6, 6.07) is 8.70. The Bertz CT molecular complexity index is 351. The zero-order chi connectivity index (χ0) is 10.5. The molecule has 0 unspecified atom stereocenters. The summed E-state index contributed by atoms with van der Waals surface area (Å²) in [6.45, 7) is 4.03. The number of nitrogens with zero attached hydrogens (tertiary/aromatic N) is 3. The highest BCUT2D eigenvalue weighted by molar-refractivity contribution is 14.1. The molecular formula is C11H14IN3. The Hall–Kier alpha value is -0.490. The molecule has 0 aromatic heterocycles. The highest BCUT2D eigenvalue weighted by Gasteiger charge is 2.14. The molecule has 0 radical (unpaired) electrons. The Morgan fingerprint density at radius 2 is 2.07 bits per heavy atom. The Morgan fingerprint density at radius 1 is 1.27 bits per heavy atom. The van der Waals surface area contributed by atoms with Crippen LogP contribution in [0.4, 0.5) is 0 Å². The fraction of sp³-hybridized carbons (Fsp3) is 0.455. The molecule has 0 fully saturated rings. The second-order valence-corrected chi connectivity index (χ2v) is 4.17. The minimum Gasteiger partial charge on any atom is -0.297 e. The van der Waals surface area contributed by atoms with E-state index in [-0.39, 0.29) is 0 Å². The molecule has 0 saturated heterocycles. The zero-order valence-electron chi connectivity index (χ0n) is 8.56. The van der Waals surface area contributed by atoms with E-state index in [9.17, 15) is 0 Å². The maximum atomic E-state index is 3.99. The lowest BCUT2D eigenvalue weighted by atomic mass is 10.0. The first-order valence-corrected chi connectivity index (χ1v) is 6.13. The minimum absolute atomic E-state index is 0.811. The third-order valence-electron chi connectivity index (χ3n) is 2.78. The summed E-state index contributed by atoms with van der Waals surface area (Å²) in [4.78, 5) is 2.44. The van der Waals surface area contributed by atoms with Crippen molar-refractivity contribution >= 4 is 22.9 Å². The molecule has 0 saturated carbocycles. The van der Waals surface area contributed by atoms with Crippen molar-refractivity contribution in [1.82, 2.24) is 4.90 Å². The van der Waals surface area contributed by atoms with Crippen LogP contribution in [0.5, 0.6) is 0 Å². The molecule has 0 atom stereocenters. The minimum atomic E-state index is 0.811. The van der Waals surface area contributed by atoms with Crippen molar-refractivity contribution in [3.05, 3.63) is 35.4 Å². The second kappa shape index (κ2) is 5.55. The molecule has 0 N–H and O–H groups in total. The van der Waals surface area contributed by atoms with E-state index in [0.717, 1.165) is 32.6 Å². The van der Waals surface area contributed by atoms with E-state index >= 15 is 0 Å². The summed E-state index contributed by atoms with van der Waals surface area (Å²) < 4.78 is 3.73. The van der Waals surface area contributed by atoms with Crippen LogP contribution in [0.15, 0.2) is 32.7 Å². The van der Waals surface area contributed by atoms with Crippen molar-refractivity contribution in [2.75, 3.05) is 19.6 Å². The van der Waals surface area contributed by atoms with Crippen LogP contribution in [0.3, 0.4) is 0 Å². The smallest absolute Gasteiger partial charge is 0.111 e. The number of hydrogen-bond donors (Lipinski definition) is 0.